The summed E-state index contributed by atoms with van der Waals surface area (Å²) in [7, 11) is 0. The summed E-state index contributed by atoms with van der Waals surface area (Å²) in [5.74, 6) is 0.300. The SMILES string of the molecule is O=C(COc1cccc(NC(=O)c2ccco2)c1)Nc1nc2ccccc2n1-c1ccccc1. The molecule has 5 rings (SSSR count). The molecule has 0 aliphatic heterocycles. The Kier molecular flexibility index (Phi) is 5.77. The Labute approximate surface area is 194 Å². The lowest BCUT2D eigenvalue weighted by atomic mass is 10.3. The van der Waals surface area contributed by atoms with E-state index < -0.39 is 0 Å². The lowest BCUT2D eigenvalue weighted by molar-refractivity contribution is -0.118. The highest BCUT2D eigenvalue weighted by molar-refractivity contribution is 6.02. The lowest BCUT2D eigenvalue weighted by Gasteiger charge is -2.11. The van der Waals surface area contributed by atoms with Gasteiger partial charge in [0.25, 0.3) is 11.8 Å². The van der Waals surface area contributed by atoms with Gasteiger partial charge in [-0.3, -0.25) is 19.5 Å². The van der Waals surface area contributed by atoms with Gasteiger partial charge >= 0.3 is 0 Å². The number of aromatic nitrogens is 2. The third-order valence-corrected chi connectivity index (χ3v) is 5.03. The molecule has 2 heterocycles. The zero-order valence-corrected chi connectivity index (χ0v) is 18.0. The standard InChI is InChI=1S/C26H20N4O4/c31-24(17-34-20-11-6-8-18(16-20)27-25(32)23-14-7-15-33-23)29-26-28-21-12-4-5-13-22(21)30(26)19-9-2-1-3-10-19/h1-16H,17H2,(H,27,32)(H,28,29,31). The maximum atomic E-state index is 12.7. The third kappa shape index (κ3) is 4.51. The molecule has 3 aromatic carbocycles. The number of ether oxygens (including phenoxy) is 1. The van der Waals surface area contributed by atoms with Gasteiger partial charge in [-0.25, -0.2) is 4.98 Å². The molecule has 0 saturated carbocycles. The monoisotopic (exact) mass is 452 g/mol. The fraction of sp³-hybridized carbons (Fsp3) is 0.0385. The number of hydrogen-bond acceptors (Lipinski definition) is 5. The van der Waals surface area contributed by atoms with Crippen LogP contribution in [0.2, 0.25) is 0 Å². The van der Waals surface area contributed by atoms with Crippen LogP contribution in [0.15, 0.2) is 102 Å². The van der Waals surface area contributed by atoms with Crippen LogP contribution in [0.1, 0.15) is 10.6 Å². The van der Waals surface area contributed by atoms with E-state index in [-0.39, 0.29) is 24.2 Å². The van der Waals surface area contributed by atoms with Gasteiger partial charge in [0.1, 0.15) is 5.75 Å². The van der Waals surface area contributed by atoms with Crippen molar-refractivity contribution in [3.63, 3.8) is 0 Å². The summed E-state index contributed by atoms with van der Waals surface area (Å²) in [4.78, 5) is 29.4. The van der Waals surface area contributed by atoms with E-state index in [0.717, 1.165) is 16.7 Å². The summed E-state index contributed by atoms with van der Waals surface area (Å²) in [6.07, 6.45) is 1.43. The molecular weight excluding hydrogens is 432 g/mol. The normalized spacial score (nSPS) is 10.7. The number of hydrogen-bond donors (Lipinski definition) is 2. The quantitative estimate of drug-likeness (QED) is 0.366. The van der Waals surface area contributed by atoms with Crippen molar-refractivity contribution in [1.82, 2.24) is 9.55 Å². The minimum Gasteiger partial charge on any atom is -0.484 e. The summed E-state index contributed by atoms with van der Waals surface area (Å²) in [5, 5.41) is 5.57. The number of furan rings is 1. The van der Waals surface area contributed by atoms with E-state index >= 15 is 0 Å². The average Bonchev–Trinajstić information content (AvgIpc) is 3.52. The molecule has 0 atom stereocenters. The minimum atomic E-state index is -0.375. The Hall–Kier alpha value is -4.85. The average molecular weight is 452 g/mol. The van der Waals surface area contributed by atoms with E-state index in [1.807, 2.05) is 59.2 Å². The van der Waals surface area contributed by atoms with Crippen LogP contribution >= 0.6 is 0 Å². The first-order valence-electron chi connectivity index (χ1n) is 10.6. The number of benzene rings is 3. The van der Waals surface area contributed by atoms with Crippen LogP contribution in [0, 0.1) is 0 Å². The van der Waals surface area contributed by atoms with Crippen molar-refractivity contribution in [2.75, 3.05) is 17.2 Å². The molecule has 0 unspecified atom stereocenters. The molecule has 0 fully saturated rings. The van der Waals surface area contributed by atoms with Crippen LogP contribution in [0.3, 0.4) is 0 Å². The van der Waals surface area contributed by atoms with Gasteiger partial charge in [0.05, 0.1) is 17.3 Å². The Morgan fingerprint density at radius 2 is 1.71 bits per heavy atom. The zero-order valence-electron chi connectivity index (χ0n) is 18.0. The smallest absolute Gasteiger partial charge is 0.291 e. The number of nitrogens with zero attached hydrogens (tertiary/aromatic N) is 2. The molecule has 8 nitrogen and oxygen atoms in total. The molecule has 0 spiro atoms. The predicted molar refractivity (Wildman–Crippen MR) is 128 cm³/mol. The van der Waals surface area contributed by atoms with Crippen molar-refractivity contribution in [3.8, 4) is 11.4 Å². The first kappa shape index (κ1) is 21.0. The summed E-state index contributed by atoms with van der Waals surface area (Å²) in [6, 6.07) is 27.3. The maximum absolute atomic E-state index is 12.7. The first-order valence-corrected chi connectivity index (χ1v) is 10.6. The summed E-state index contributed by atoms with van der Waals surface area (Å²) in [6.45, 7) is -0.229. The first-order chi connectivity index (χ1) is 16.7. The zero-order chi connectivity index (χ0) is 23.3. The van der Waals surface area contributed by atoms with E-state index in [9.17, 15) is 9.59 Å². The molecule has 2 N–H and O–H groups in total. The van der Waals surface area contributed by atoms with E-state index in [1.54, 1.807) is 36.4 Å². The van der Waals surface area contributed by atoms with Crippen LogP contribution in [0.25, 0.3) is 16.7 Å². The number of carbonyl (C=O) groups excluding carboxylic acids is 2. The highest BCUT2D eigenvalue weighted by Gasteiger charge is 2.15. The van der Waals surface area contributed by atoms with Gasteiger partial charge in [-0.2, -0.15) is 0 Å². The van der Waals surface area contributed by atoms with Crippen LogP contribution in [0.5, 0.6) is 5.75 Å². The Balaban J connectivity index is 1.28. The highest BCUT2D eigenvalue weighted by atomic mass is 16.5. The van der Waals surface area contributed by atoms with E-state index in [1.165, 1.54) is 6.26 Å². The molecule has 0 aliphatic carbocycles. The van der Waals surface area contributed by atoms with Crippen LogP contribution in [0.4, 0.5) is 11.6 Å². The van der Waals surface area contributed by atoms with Crippen molar-refractivity contribution in [3.05, 3.63) is 103 Å². The Morgan fingerprint density at radius 1 is 0.882 bits per heavy atom. The number of imidazole rings is 1. The second-order valence-electron chi connectivity index (χ2n) is 7.39. The maximum Gasteiger partial charge on any atom is 0.291 e. The van der Waals surface area contributed by atoms with E-state index in [2.05, 4.69) is 15.6 Å². The number of anilines is 2. The van der Waals surface area contributed by atoms with Gasteiger partial charge in [-0.15, -0.1) is 0 Å². The topological polar surface area (TPSA) is 98.4 Å². The molecule has 8 heteroatoms. The van der Waals surface area contributed by atoms with Gasteiger partial charge in [0.15, 0.2) is 12.4 Å². The van der Waals surface area contributed by atoms with Crippen molar-refractivity contribution in [1.29, 1.82) is 0 Å². The highest BCUT2D eigenvalue weighted by Crippen LogP contribution is 2.24. The van der Waals surface area contributed by atoms with E-state index in [0.29, 0.717) is 17.4 Å². The van der Waals surface area contributed by atoms with Crippen LogP contribution in [-0.2, 0) is 4.79 Å². The molecule has 5 aromatic rings. The molecule has 0 aliphatic rings. The number of amides is 2. The van der Waals surface area contributed by atoms with Gasteiger partial charge in [0.2, 0.25) is 5.95 Å². The molecule has 2 aromatic heterocycles. The van der Waals surface area contributed by atoms with Gasteiger partial charge in [-0.1, -0.05) is 36.4 Å². The Bertz CT molecular complexity index is 1440. The summed E-state index contributed by atoms with van der Waals surface area (Å²) >= 11 is 0. The van der Waals surface area contributed by atoms with Crippen molar-refractivity contribution < 1.29 is 18.7 Å². The number of carbonyl (C=O) groups is 2. The van der Waals surface area contributed by atoms with Gasteiger partial charge in [-0.05, 0) is 48.5 Å². The number of rotatable bonds is 7. The molecule has 0 radical (unpaired) electrons. The molecule has 0 bridgehead atoms. The summed E-state index contributed by atoms with van der Waals surface area (Å²) < 4.78 is 12.6. The lowest BCUT2D eigenvalue weighted by Crippen LogP contribution is -2.22. The fourth-order valence-corrected chi connectivity index (χ4v) is 3.52. The molecule has 168 valence electrons. The largest absolute Gasteiger partial charge is 0.484 e. The fourth-order valence-electron chi connectivity index (χ4n) is 3.52. The van der Waals surface area contributed by atoms with Gasteiger partial charge < -0.3 is 14.5 Å². The minimum absolute atomic E-state index is 0.201. The predicted octanol–water partition coefficient (Wildman–Crippen LogP) is 4.89. The molecule has 34 heavy (non-hydrogen) atoms. The van der Waals surface area contributed by atoms with Gasteiger partial charge in [0, 0.05) is 17.4 Å². The second kappa shape index (κ2) is 9.33. The van der Waals surface area contributed by atoms with E-state index in [4.69, 9.17) is 9.15 Å². The summed E-state index contributed by atoms with van der Waals surface area (Å²) in [5.41, 5.74) is 3.05. The van der Waals surface area contributed by atoms with Crippen LogP contribution < -0.4 is 15.4 Å². The molecule has 0 saturated heterocycles. The van der Waals surface area contributed by atoms with Crippen molar-refractivity contribution in [2.24, 2.45) is 0 Å². The second-order valence-corrected chi connectivity index (χ2v) is 7.39. The molecule has 2 amide bonds. The molecular formula is C26H20N4O4. The number of nitrogens with one attached hydrogen (secondary N) is 2. The number of fused-ring (bicyclic) bond motifs is 1. The Morgan fingerprint density at radius 3 is 2.53 bits per heavy atom. The third-order valence-electron chi connectivity index (χ3n) is 5.03. The van der Waals surface area contributed by atoms with Crippen molar-refractivity contribution in [2.45, 2.75) is 0 Å². The van der Waals surface area contributed by atoms with Crippen LogP contribution in [-0.4, -0.2) is 28.0 Å². The van der Waals surface area contributed by atoms with Crippen molar-refractivity contribution >= 4 is 34.5 Å². The number of para-hydroxylation sites is 3.